The van der Waals surface area contributed by atoms with Crippen molar-refractivity contribution in [2.24, 2.45) is 0 Å². The first kappa shape index (κ1) is 15.3. The molecule has 3 rings (SSSR count). The van der Waals surface area contributed by atoms with Crippen LogP contribution in [-0.2, 0) is 15.0 Å². The zero-order valence-corrected chi connectivity index (χ0v) is 13.0. The molecule has 1 aliphatic heterocycles. The summed E-state index contributed by atoms with van der Waals surface area (Å²) in [6.45, 7) is 1.68. The van der Waals surface area contributed by atoms with E-state index in [0.29, 0.717) is 35.3 Å². The van der Waals surface area contributed by atoms with Gasteiger partial charge >= 0.3 is 0 Å². The average molecular weight is 312 g/mol. The van der Waals surface area contributed by atoms with Crippen LogP contribution in [0.25, 0.3) is 10.9 Å². The smallest absolute Gasteiger partial charge is 0.263 e. The number of fused-ring (bicyclic) bond motifs is 1. The van der Waals surface area contributed by atoms with Gasteiger partial charge in [0.25, 0.3) is 5.56 Å². The average Bonchev–Trinajstić information content (AvgIpc) is 2.58. The monoisotopic (exact) mass is 312 g/mol. The van der Waals surface area contributed by atoms with Crippen molar-refractivity contribution in [3.63, 3.8) is 0 Å². The summed E-state index contributed by atoms with van der Waals surface area (Å²) in [6.07, 6.45) is 1.16. The number of imide groups is 1. The number of rotatable bonds is 1. The molecule has 1 fully saturated rings. The molecule has 0 saturated carbocycles. The summed E-state index contributed by atoms with van der Waals surface area (Å²) in [5.41, 5.74) is 5.21. The maximum Gasteiger partial charge on any atom is 0.263 e. The van der Waals surface area contributed by atoms with Gasteiger partial charge in [-0.15, -0.1) is 0 Å². The highest BCUT2D eigenvalue weighted by Crippen LogP contribution is 2.25. The molecule has 2 aromatic rings. The number of nitrogens with zero attached hydrogens (tertiary/aromatic N) is 2. The third kappa shape index (κ3) is 2.30. The maximum atomic E-state index is 13.0. The number of anilines is 1. The maximum absolute atomic E-state index is 13.0. The number of nitrogens with one attached hydrogen (secondary N) is 1. The minimum Gasteiger partial charge on any atom is -0.398 e. The molecule has 1 atom stereocenters. The van der Waals surface area contributed by atoms with E-state index in [1.807, 2.05) is 0 Å². The number of nitrogens with two attached hydrogens (primary N) is 1. The van der Waals surface area contributed by atoms with Crippen LogP contribution in [-0.4, -0.2) is 29.2 Å². The topological polar surface area (TPSA) is 107 Å². The van der Waals surface area contributed by atoms with Crippen molar-refractivity contribution in [3.8, 4) is 0 Å². The lowest BCUT2D eigenvalue weighted by Gasteiger charge is -2.30. The summed E-state index contributed by atoms with van der Waals surface area (Å²) in [6, 6.07) is 5.07. The van der Waals surface area contributed by atoms with Crippen LogP contribution in [0.2, 0.25) is 0 Å². The molecule has 0 bridgehead atoms. The summed E-state index contributed by atoms with van der Waals surface area (Å²) in [5, 5.41) is 2.65. The minimum absolute atomic E-state index is 0.262. The molecule has 118 valence electrons. The number of benzene rings is 1. The highest BCUT2D eigenvalue weighted by molar-refractivity contribution is 6.28. The van der Waals surface area contributed by atoms with Crippen LogP contribution in [0, 0.1) is 6.92 Å². The van der Waals surface area contributed by atoms with E-state index in [4.69, 9.17) is 5.73 Å². The fourth-order valence-electron chi connectivity index (χ4n) is 3.19. The Balaban J connectivity index is 2.31. The van der Waals surface area contributed by atoms with Crippen molar-refractivity contribution in [1.29, 1.82) is 0 Å². The van der Waals surface area contributed by atoms with E-state index in [9.17, 15) is 14.4 Å². The molecule has 8 heteroatoms. The Bertz CT molecular complexity index is 892. The van der Waals surface area contributed by atoms with Gasteiger partial charge in [0.1, 0.15) is 13.7 Å². The Hall–Kier alpha value is -2.64. The molecular weight excluding hydrogens is 295 g/mol. The molecule has 23 heavy (non-hydrogen) atoms. The summed E-state index contributed by atoms with van der Waals surface area (Å²) in [4.78, 5) is 41.5. The highest BCUT2D eigenvalue weighted by atomic mass is 16.2. The van der Waals surface area contributed by atoms with Crippen molar-refractivity contribution < 1.29 is 9.59 Å². The first-order valence-electron chi connectivity index (χ1n) is 7.47. The van der Waals surface area contributed by atoms with Crippen molar-refractivity contribution in [3.05, 3.63) is 34.4 Å². The highest BCUT2D eigenvalue weighted by Gasteiger charge is 2.40. The van der Waals surface area contributed by atoms with Crippen LogP contribution in [0.15, 0.2) is 23.0 Å². The molecule has 1 aliphatic rings. The van der Waals surface area contributed by atoms with Crippen molar-refractivity contribution >= 4 is 36.3 Å². The van der Waals surface area contributed by atoms with Crippen LogP contribution < -0.4 is 16.6 Å². The van der Waals surface area contributed by atoms with E-state index in [0.717, 1.165) is 0 Å². The van der Waals surface area contributed by atoms with Crippen LogP contribution >= 0.6 is 0 Å². The van der Waals surface area contributed by atoms with Crippen LogP contribution in [0.1, 0.15) is 25.1 Å². The molecule has 3 N–H and O–H groups in total. The number of hydrogen-bond acceptors (Lipinski definition) is 5. The van der Waals surface area contributed by atoms with E-state index in [1.165, 1.54) is 4.57 Å². The zero-order valence-electron chi connectivity index (χ0n) is 13.0. The molecule has 1 aromatic heterocycles. The number of aromatic nitrogens is 2. The van der Waals surface area contributed by atoms with E-state index in [2.05, 4.69) is 10.3 Å². The number of hydrogen-bond donors (Lipinski definition) is 2. The molecule has 1 aromatic carbocycles. The lowest BCUT2D eigenvalue weighted by molar-refractivity contribution is -0.132. The van der Waals surface area contributed by atoms with Crippen molar-refractivity contribution in [1.82, 2.24) is 14.9 Å². The first-order valence-corrected chi connectivity index (χ1v) is 7.47. The summed E-state index contributed by atoms with van der Waals surface area (Å²) >= 11 is 0. The minimum atomic E-state index is -1.17. The second-order valence-corrected chi connectivity index (χ2v) is 6.05. The molecule has 0 unspecified atom stereocenters. The van der Waals surface area contributed by atoms with Crippen LogP contribution in [0.3, 0.4) is 0 Å². The Morgan fingerprint density at radius 3 is 2.83 bits per heavy atom. The number of carbonyl (C=O) groups is 2. The second kappa shape index (κ2) is 5.22. The van der Waals surface area contributed by atoms with Gasteiger partial charge in [0.15, 0.2) is 0 Å². The van der Waals surface area contributed by atoms with Gasteiger partial charge in [-0.1, -0.05) is 6.07 Å². The standard InChI is InChI=1S/C15H17BN4O3/c1-8-18-10-5-2-4-9(17)12(10)13(22)20(8)15(16)7-3-6-11(21)19-14(15)23/h2,4-5H,3,6-7,16-17H2,1H3,(H,19,21,23)/t15-/m0/s1. The van der Waals surface area contributed by atoms with Crippen molar-refractivity contribution in [2.45, 2.75) is 31.6 Å². The predicted molar refractivity (Wildman–Crippen MR) is 88.7 cm³/mol. The van der Waals surface area contributed by atoms with Crippen LogP contribution in [0.5, 0.6) is 0 Å². The molecule has 0 aliphatic carbocycles. The third-order valence-corrected chi connectivity index (χ3v) is 4.40. The van der Waals surface area contributed by atoms with Gasteiger partial charge in [0.2, 0.25) is 11.8 Å². The Kier molecular flexibility index (Phi) is 3.47. The van der Waals surface area contributed by atoms with Gasteiger partial charge in [-0.3, -0.25) is 24.3 Å². The lowest BCUT2D eigenvalue weighted by Crippen LogP contribution is -2.54. The molecule has 1 saturated heterocycles. The number of aryl methyl sites for hydroxylation is 1. The quantitative estimate of drug-likeness (QED) is 0.415. The largest absolute Gasteiger partial charge is 0.398 e. The first-order chi connectivity index (χ1) is 10.8. The number of carbonyl (C=O) groups excluding carboxylic acids is 2. The molecule has 2 heterocycles. The summed E-state index contributed by atoms with van der Waals surface area (Å²) in [5.74, 6) is -0.390. The van der Waals surface area contributed by atoms with E-state index in [-0.39, 0.29) is 17.9 Å². The molecular formula is C15H17BN4O3. The van der Waals surface area contributed by atoms with E-state index in [1.54, 1.807) is 33.0 Å². The zero-order chi connectivity index (χ0) is 16.8. The van der Waals surface area contributed by atoms with Gasteiger partial charge in [-0.2, -0.15) is 0 Å². The summed E-state index contributed by atoms with van der Waals surface area (Å²) in [7, 11) is 1.65. The normalized spacial score (nSPS) is 22.0. The Morgan fingerprint density at radius 1 is 1.35 bits per heavy atom. The molecule has 0 spiro atoms. The van der Waals surface area contributed by atoms with Crippen molar-refractivity contribution in [2.75, 3.05) is 5.73 Å². The summed E-state index contributed by atoms with van der Waals surface area (Å²) < 4.78 is 1.36. The Labute approximate surface area is 133 Å². The van der Waals surface area contributed by atoms with E-state index >= 15 is 0 Å². The van der Waals surface area contributed by atoms with Gasteiger partial charge < -0.3 is 5.73 Å². The van der Waals surface area contributed by atoms with Gasteiger partial charge in [-0.05, 0) is 31.9 Å². The fraction of sp³-hybridized carbons (Fsp3) is 0.333. The lowest BCUT2D eigenvalue weighted by atomic mass is 9.73. The SMILES string of the molecule is B[C@]1(n2c(C)nc3cccc(N)c3c2=O)CCCC(=O)NC1=O. The number of nitrogen functional groups attached to an aromatic ring is 1. The van der Waals surface area contributed by atoms with Gasteiger partial charge in [0, 0.05) is 12.1 Å². The third-order valence-electron chi connectivity index (χ3n) is 4.40. The Morgan fingerprint density at radius 2 is 2.09 bits per heavy atom. The fourth-order valence-corrected chi connectivity index (χ4v) is 3.19. The second-order valence-electron chi connectivity index (χ2n) is 6.05. The number of amides is 2. The molecule has 7 nitrogen and oxygen atoms in total. The molecule has 2 amide bonds. The molecule has 0 radical (unpaired) electrons. The van der Waals surface area contributed by atoms with Gasteiger partial charge in [0.05, 0.1) is 16.3 Å². The predicted octanol–water partition coefficient (Wildman–Crippen LogP) is -0.600. The van der Waals surface area contributed by atoms with E-state index < -0.39 is 11.3 Å². The van der Waals surface area contributed by atoms with Crippen LogP contribution in [0.4, 0.5) is 5.69 Å². The van der Waals surface area contributed by atoms with Gasteiger partial charge in [-0.25, -0.2) is 4.98 Å².